The third-order valence-electron chi connectivity index (χ3n) is 6.00. The molecule has 0 spiro atoms. The number of ether oxygens (including phenoxy) is 1. The Morgan fingerprint density at radius 3 is 2.42 bits per heavy atom. The molecule has 2 saturated heterocycles. The number of thioether (sulfide) groups is 1. The van der Waals surface area contributed by atoms with Crippen molar-refractivity contribution in [3.63, 3.8) is 0 Å². The quantitative estimate of drug-likeness (QED) is 0.568. The number of hydrogen-bond acceptors (Lipinski definition) is 7. The zero-order valence-corrected chi connectivity index (χ0v) is 20.1. The molecule has 1 aromatic carbocycles. The molecule has 2 aliphatic rings. The largest absolute Gasteiger partial charge is 0.376 e. The fourth-order valence-corrected chi connectivity index (χ4v) is 4.89. The van der Waals surface area contributed by atoms with Crippen molar-refractivity contribution in [2.75, 3.05) is 41.0 Å². The van der Waals surface area contributed by atoms with Gasteiger partial charge in [0.05, 0.1) is 18.4 Å². The standard InChI is InChI=1S/C23H32N6O3S/c1-16-9-11-28(12-10-16)22-26-27-23(29(22)14-20-4-3-13-32-20)33-15-21(31)25-19-7-5-18(6-8-19)24-17(2)30/h5-8,16,20H,3-4,9-15H2,1-2H3,(H,24,30)(H,25,31). The Balaban J connectivity index is 1.39. The van der Waals surface area contributed by atoms with Crippen molar-refractivity contribution in [3.8, 4) is 0 Å². The molecule has 1 unspecified atom stereocenters. The summed E-state index contributed by atoms with van der Waals surface area (Å²) >= 11 is 1.39. The Morgan fingerprint density at radius 1 is 1.09 bits per heavy atom. The van der Waals surface area contributed by atoms with Gasteiger partial charge in [-0.2, -0.15) is 0 Å². The maximum absolute atomic E-state index is 12.6. The first-order chi connectivity index (χ1) is 16.0. The summed E-state index contributed by atoms with van der Waals surface area (Å²) in [6.45, 7) is 7.22. The Hall–Kier alpha value is -2.59. The molecule has 0 aliphatic carbocycles. The van der Waals surface area contributed by atoms with Gasteiger partial charge in [0.25, 0.3) is 0 Å². The molecule has 3 heterocycles. The predicted octanol–water partition coefficient (Wildman–Crippen LogP) is 3.38. The van der Waals surface area contributed by atoms with Crippen molar-refractivity contribution in [1.29, 1.82) is 0 Å². The number of amides is 2. The van der Waals surface area contributed by atoms with Crippen LogP contribution >= 0.6 is 11.8 Å². The lowest BCUT2D eigenvalue weighted by Crippen LogP contribution is -2.35. The monoisotopic (exact) mass is 472 g/mol. The highest BCUT2D eigenvalue weighted by molar-refractivity contribution is 7.99. The molecule has 2 aromatic rings. The van der Waals surface area contributed by atoms with Crippen LogP contribution in [0.25, 0.3) is 0 Å². The van der Waals surface area contributed by atoms with Crippen LogP contribution in [0.4, 0.5) is 17.3 Å². The van der Waals surface area contributed by atoms with E-state index in [1.807, 2.05) is 0 Å². The number of carbonyl (C=O) groups is 2. The molecule has 178 valence electrons. The lowest BCUT2D eigenvalue weighted by molar-refractivity contribution is -0.114. The summed E-state index contributed by atoms with van der Waals surface area (Å²) in [4.78, 5) is 26.0. The van der Waals surface area contributed by atoms with Gasteiger partial charge in [0.2, 0.25) is 17.8 Å². The highest BCUT2D eigenvalue weighted by atomic mass is 32.2. The van der Waals surface area contributed by atoms with Crippen LogP contribution in [0.1, 0.15) is 39.5 Å². The highest BCUT2D eigenvalue weighted by Crippen LogP contribution is 2.28. The lowest BCUT2D eigenvalue weighted by Gasteiger charge is -2.31. The molecule has 2 fully saturated rings. The van der Waals surface area contributed by atoms with Crippen molar-refractivity contribution >= 4 is 40.9 Å². The van der Waals surface area contributed by atoms with Crippen LogP contribution < -0.4 is 15.5 Å². The number of rotatable bonds is 8. The molecule has 0 saturated carbocycles. The van der Waals surface area contributed by atoms with Gasteiger partial charge in [-0.15, -0.1) is 10.2 Å². The maximum Gasteiger partial charge on any atom is 0.234 e. The zero-order chi connectivity index (χ0) is 23.2. The van der Waals surface area contributed by atoms with E-state index < -0.39 is 0 Å². The SMILES string of the molecule is CC(=O)Nc1ccc(NC(=O)CSc2nnc(N3CCC(C)CC3)n2CC2CCCO2)cc1. The Kier molecular flexibility index (Phi) is 7.87. The molecule has 0 bridgehead atoms. The Bertz CT molecular complexity index is 950. The number of carbonyl (C=O) groups excluding carboxylic acids is 2. The second-order valence-electron chi connectivity index (χ2n) is 8.79. The molecule has 2 aliphatic heterocycles. The molecule has 9 nitrogen and oxygen atoms in total. The van der Waals surface area contributed by atoms with Gasteiger partial charge in [-0.1, -0.05) is 18.7 Å². The number of benzene rings is 1. The summed E-state index contributed by atoms with van der Waals surface area (Å²) in [5.41, 5.74) is 1.37. The van der Waals surface area contributed by atoms with Crippen molar-refractivity contribution in [3.05, 3.63) is 24.3 Å². The predicted molar refractivity (Wildman–Crippen MR) is 130 cm³/mol. The number of piperidine rings is 1. The fraction of sp³-hybridized carbons (Fsp3) is 0.565. The Labute approximate surface area is 198 Å². The fourth-order valence-electron chi connectivity index (χ4n) is 4.15. The number of aromatic nitrogens is 3. The van der Waals surface area contributed by atoms with Crippen LogP contribution in [0.5, 0.6) is 0 Å². The topological polar surface area (TPSA) is 101 Å². The molecular weight excluding hydrogens is 440 g/mol. The van der Waals surface area contributed by atoms with Crippen LogP contribution in [-0.4, -0.2) is 58.1 Å². The average molecular weight is 473 g/mol. The number of anilines is 3. The minimum Gasteiger partial charge on any atom is -0.376 e. The summed E-state index contributed by atoms with van der Waals surface area (Å²) in [5, 5.41) is 15.3. The van der Waals surface area contributed by atoms with Gasteiger partial charge in [0.15, 0.2) is 5.16 Å². The van der Waals surface area contributed by atoms with E-state index in [1.54, 1.807) is 24.3 Å². The molecule has 2 amide bonds. The van der Waals surface area contributed by atoms with Crippen molar-refractivity contribution in [1.82, 2.24) is 14.8 Å². The van der Waals surface area contributed by atoms with Gasteiger partial charge < -0.3 is 20.3 Å². The summed E-state index contributed by atoms with van der Waals surface area (Å²) in [7, 11) is 0. The van der Waals surface area contributed by atoms with Gasteiger partial charge in [-0.25, -0.2) is 0 Å². The average Bonchev–Trinajstić information content (AvgIpc) is 3.44. The lowest BCUT2D eigenvalue weighted by atomic mass is 10.00. The summed E-state index contributed by atoms with van der Waals surface area (Å²) in [6, 6.07) is 7.05. The molecule has 2 N–H and O–H groups in total. The van der Waals surface area contributed by atoms with Crippen LogP contribution in [0.2, 0.25) is 0 Å². The van der Waals surface area contributed by atoms with Crippen molar-refractivity contribution in [2.45, 2.75) is 57.3 Å². The molecule has 33 heavy (non-hydrogen) atoms. The first-order valence-corrected chi connectivity index (χ1v) is 12.6. The van der Waals surface area contributed by atoms with E-state index in [0.29, 0.717) is 17.9 Å². The minimum atomic E-state index is -0.131. The molecular formula is C23H32N6O3S. The minimum absolute atomic E-state index is 0.118. The van der Waals surface area contributed by atoms with Crippen molar-refractivity contribution in [2.24, 2.45) is 5.92 Å². The van der Waals surface area contributed by atoms with E-state index >= 15 is 0 Å². The molecule has 0 radical (unpaired) electrons. The highest BCUT2D eigenvalue weighted by Gasteiger charge is 2.26. The third-order valence-corrected chi connectivity index (χ3v) is 6.96. The van der Waals surface area contributed by atoms with E-state index in [-0.39, 0.29) is 23.7 Å². The first kappa shape index (κ1) is 23.6. The number of hydrogen-bond donors (Lipinski definition) is 2. The number of nitrogens with one attached hydrogen (secondary N) is 2. The molecule has 10 heteroatoms. The summed E-state index contributed by atoms with van der Waals surface area (Å²) in [6.07, 6.45) is 4.58. The van der Waals surface area contributed by atoms with Crippen LogP contribution in [0, 0.1) is 5.92 Å². The van der Waals surface area contributed by atoms with Crippen LogP contribution in [-0.2, 0) is 20.9 Å². The molecule has 4 rings (SSSR count). The normalized spacial score (nSPS) is 19.0. The van der Waals surface area contributed by atoms with E-state index in [9.17, 15) is 9.59 Å². The second kappa shape index (κ2) is 11.0. The van der Waals surface area contributed by atoms with Crippen LogP contribution in [0.15, 0.2) is 29.4 Å². The van der Waals surface area contributed by atoms with Gasteiger partial charge in [0.1, 0.15) is 0 Å². The van der Waals surface area contributed by atoms with Crippen LogP contribution in [0.3, 0.4) is 0 Å². The Morgan fingerprint density at radius 2 is 1.79 bits per heavy atom. The van der Waals surface area contributed by atoms with E-state index in [1.165, 1.54) is 18.7 Å². The van der Waals surface area contributed by atoms with Gasteiger partial charge in [-0.3, -0.25) is 14.2 Å². The zero-order valence-electron chi connectivity index (χ0n) is 19.2. The molecule has 1 aromatic heterocycles. The summed E-state index contributed by atoms with van der Waals surface area (Å²) < 4.78 is 8.00. The van der Waals surface area contributed by atoms with Crippen molar-refractivity contribution < 1.29 is 14.3 Å². The van der Waals surface area contributed by atoms with Gasteiger partial charge >= 0.3 is 0 Å². The maximum atomic E-state index is 12.6. The van der Waals surface area contributed by atoms with E-state index in [0.717, 1.165) is 62.4 Å². The second-order valence-corrected chi connectivity index (χ2v) is 9.74. The summed E-state index contributed by atoms with van der Waals surface area (Å²) in [5.74, 6) is 1.60. The van der Waals surface area contributed by atoms with E-state index in [4.69, 9.17) is 4.74 Å². The smallest absolute Gasteiger partial charge is 0.234 e. The third kappa shape index (κ3) is 6.48. The van der Waals surface area contributed by atoms with Gasteiger partial charge in [-0.05, 0) is 55.9 Å². The van der Waals surface area contributed by atoms with E-state index in [2.05, 4.69) is 37.2 Å². The number of nitrogens with zero attached hydrogens (tertiary/aromatic N) is 4. The van der Waals surface area contributed by atoms with Gasteiger partial charge in [0, 0.05) is 38.0 Å². The first-order valence-electron chi connectivity index (χ1n) is 11.6. The molecule has 1 atom stereocenters.